The fourth-order valence-corrected chi connectivity index (χ4v) is 5.03. The number of fused-ring (bicyclic) bond motifs is 1. The molecule has 2 aliphatic rings. The summed E-state index contributed by atoms with van der Waals surface area (Å²) in [5, 5.41) is 9.24. The summed E-state index contributed by atoms with van der Waals surface area (Å²) in [4.78, 5) is 16.6. The Kier molecular flexibility index (Phi) is 6.06. The van der Waals surface area contributed by atoms with E-state index in [1.165, 1.54) is 18.3 Å². The topological polar surface area (TPSA) is 97.6 Å². The SMILES string of the molecule is COC1C(n2cc(-c3ncc(Cl)s3)nn2)[C@H]2OC(c3ccccc3)OCC2O[C@H]1C(C)=O. The highest BCUT2D eigenvalue weighted by Crippen LogP contribution is 2.40. The van der Waals surface area contributed by atoms with Crippen LogP contribution in [-0.2, 0) is 23.7 Å². The molecule has 4 heterocycles. The molecule has 6 atom stereocenters. The summed E-state index contributed by atoms with van der Waals surface area (Å²) in [7, 11) is 1.55. The number of nitrogens with zero attached hydrogens (tertiary/aromatic N) is 4. The van der Waals surface area contributed by atoms with Crippen LogP contribution in [-0.4, -0.2) is 63.9 Å². The molecule has 2 saturated heterocycles. The molecule has 2 aliphatic heterocycles. The number of carbonyl (C=O) groups excluding carboxylic acids is 1. The number of halogens is 1. The van der Waals surface area contributed by atoms with Crippen LogP contribution in [0.5, 0.6) is 0 Å². The van der Waals surface area contributed by atoms with Gasteiger partial charge in [0.25, 0.3) is 0 Å². The average Bonchev–Trinajstić information content (AvgIpc) is 3.47. The molecule has 0 aliphatic carbocycles. The van der Waals surface area contributed by atoms with Crippen molar-refractivity contribution >= 4 is 28.7 Å². The summed E-state index contributed by atoms with van der Waals surface area (Å²) in [6, 6.07) is 9.19. The van der Waals surface area contributed by atoms with Crippen LogP contribution in [0.3, 0.4) is 0 Å². The van der Waals surface area contributed by atoms with Crippen LogP contribution in [0.4, 0.5) is 0 Å². The molecule has 168 valence electrons. The average molecular weight is 477 g/mol. The van der Waals surface area contributed by atoms with Gasteiger partial charge in [0.1, 0.15) is 45.5 Å². The largest absolute Gasteiger partial charge is 0.376 e. The van der Waals surface area contributed by atoms with Gasteiger partial charge in [-0.25, -0.2) is 9.67 Å². The van der Waals surface area contributed by atoms with Gasteiger partial charge in [-0.1, -0.05) is 47.1 Å². The maximum Gasteiger partial charge on any atom is 0.184 e. The maximum absolute atomic E-state index is 12.4. The van der Waals surface area contributed by atoms with E-state index < -0.39 is 36.7 Å². The third-order valence-corrected chi connectivity index (χ3v) is 6.75. The zero-order valence-electron chi connectivity index (χ0n) is 17.3. The second-order valence-electron chi connectivity index (χ2n) is 7.63. The number of ether oxygens (including phenoxy) is 4. The van der Waals surface area contributed by atoms with Crippen molar-refractivity contribution in [3.63, 3.8) is 0 Å². The number of methoxy groups -OCH3 is 1. The van der Waals surface area contributed by atoms with Crippen molar-refractivity contribution in [3.8, 4) is 10.7 Å². The molecular weight excluding hydrogens is 456 g/mol. The molecule has 4 unspecified atom stereocenters. The van der Waals surface area contributed by atoms with E-state index in [-0.39, 0.29) is 12.4 Å². The number of aromatic nitrogens is 4. The minimum atomic E-state index is -0.784. The number of Topliss-reactive ketones (excluding diaryl/α,β-unsaturated/α-hetero) is 1. The standard InChI is InChI=1S/C21H21ClN4O5S/c1-11(27)17-19(28-2)16(26-9-13(24-25-26)20-23-8-15(22)32-20)18-14(30-17)10-29-21(31-18)12-6-4-3-5-7-12/h3-9,14,16-19,21H,10H2,1-2H3/t14?,16?,17-,18-,19?,21?/m0/s1. The van der Waals surface area contributed by atoms with Crippen molar-refractivity contribution in [3.05, 3.63) is 52.6 Å². The predicted octanol–water partition coefficient (Wildman–Crippen LogP) is 3.08. The molecule has 0 bridgehead atoms. The number of benzene rings is 1. The molecule has 0 spiro atoms. The molecule has 0 radical (unpaired) electrons. The van der Waals surface area contributed by atoms with Crippen LogP contribution in [0.25, 0.3) is 10.7 Å². The summed E-state index contributed by atoms with van der Waals surface area (Å²) < 4.78 is 26.3. The highest BCUT2D eigenvalue weighted by molar-refractivity contribution is 7.18. The smallest absolute Gasteiger partial charge is 0.184 e. The number of hydrogen-bond donors (Lipinski definition) is 0. The molecule has 9 nitrogen and oxygen atoms in total. The van der Waals surface area contributed by atoms with Gasteiger partial charge in [-0.3, -0.25) is 4.79 Å². The van der Waals surface area contributed by atoms with Gasteiger partial charge in [-0.15, -0.1) is 16.4 Å². The molecule has 1 aromatic carbocycles. The first-order valence-electron chi connectivity index (χ1n) is 10.1. The predicted molar refractivity (Wildman–Crippen MR) is 115 cm³/mol. The van der Waals surface area contributed by atoms with Crippen molar-refractivity contribution in [2.75, 3.05) is 13.7 Å². The Morgan fingerprint density at radius 1 is 1.28 bits per heavy atom. The molecule has 2 aromatic heterocycles. The highest BCUT2D eigenvalue weighted by atomic mass is 35.5. The van der Waals surface area contributed by atoms with Crippen LogP contribution >= 0.6 is 22.9 Å². The minimum Gasteiger partial charge on any atom is -0.376 e. The molecule has 32 heavy (non-hydrogen) atoms. The fraction of sp³-hybridized carbons (Fsp3) is 0.429. The van der Waals surface area contributed by atoms with E-state index in [2.05, 4.69) is 15.3 Å². The summed E-state index contributed by atoms with van der Waals surface area (Å²) in [5.41, 5.74) is 1.47. The zero-order valence-corrected chi connectivity index (χ0v) is 18.9. The lowest BCUT2D eigenvalue weighted by Gasteiger charge is -2.48. The van der Waals surface area contributed by atoms with E-state index >= 15 is 0 Å². The number of carbonyl (C=O) groups is 1. The summed E-state index contributed by atoms with van der Waals surface area (Å²) in [6.45, 7) is 1.75. The number of ketones is 1. The third-order valence-electron chi connectivity index (χ3n) is 5.61. The van der Waals surface area contributed by atoms with E-state index in [0.717, 1.165) is 5.56 Å². The Hall–Kier alpha value is -2.21. The van der Waals surface area contributed by atoms with E-state index in [0.29, 0.717) is 15.0 Å². The molecule has 0 saturated carbocycles. The Morgan fingerprint density at radius 3 is 2.78 bits per heavy atom. The van der Waals surface area contributed by atoms with Gasteiger partial charge in [0, 0.05) is 12.7 Å². The molecule has 0 N–H and O–H groups in total. The first-order valence-corrected chi connectivity index (χ1v) is 11.3. The van der Waals surface area contributed by atoms with Gasteiger partial charge in [0.2, 0.25) is 0 Å². The van der Waals surface area contributed by atoms with Crippen molar-refractivity contribution in [1.29, 1.82) is 0 Å². The quantitative estimate of drug-likeness (QED) is 0.554. The Bertz CT molecular complexity index is 1090. The Morgan fingerprint density at radius 2 is 2.09 bits per heavy atom. The number of hydrogen-bond acceptors (Lipinski definition) is 9. The zero-order chi connectivity index (χ0) is 22.2. The first kappa shape index (κ1) is 21.6. The van der Waals surface area contributed by atoms with Crippen molar-refractivity contribution in [2.24, 2.45) is 0 Å². The monoisotopic (exact) mass is 476 g/mol. The lowest BCUT2D eigenvalue weighted by molar-refractivity contribution is -0.314. The molecule has 5 rings (SSSR count). The van der Waals surface area contributed by atoms with Crippen LogP contribution in [0.1, 0.15) is 24.8 Å². The van der Waals surface area contributed by atoms with Gasteiger partial charge in [-0.05, 0) is 6.92 Å². The van der Waals surface area contributed by atoms with Gasteiger partial charge in [0.05, 0.1) is 19.0 Å². The maximum atomic E-state index is 12.4. The van der Waals surface area contributed by atoms with Gasteiger partial charge >= 0.3 is 0 Å². The molecule has 11 heteroatoms. The number of rotatable bonds is 5. The normalized spacial score (nSPS) is 30.1. The van der Waals surface area contributed by atoms with Crippen molar-refractivity contribution < 1.29 is 23.7 Å². The second kappa shape index (κ2) is 8.97. The van der Waals surface area contributed by atoms with Crippen LogP contribution in [0, 0.1) is 0 Å². The van der Waals surface area contributed by atoms with E-state index in [1.54, 1.807) is 24.2 Å². The molecule has 0 amide bonds. The minimum absolute atomic E-state index is 0.141. The second-order valence-corrected chi connectivity index (χ2v) is 9.29. The summed E-state index contributed by atoms with van der Waals surface area (Å²) in [6.07, 6.45) is 0.399. The van der Waals surface area contributed by atoms with Gasteiger partial charge < -0.3 is 18.9 Å². The van der Waals surface area contributed by atoms with Crippen molar-refractivity contribution in [2.45, 2.75) is 43.7 Å². The molecular formula is C21H21ClN4O5S. The van der Waals surface area contributed by atoms with Crippen LogP contribution < -0.4 is 0 Å². The van der Waals surface area contributed by atoms with Crippen LogP contribution in [0.2, 0.25) is 4.34 Å². The fourth-order valence-electron chi connectivity index (χ4n) is 4.17. The number of thiazole rings is 1. The third kappa shape index (κ3) is 3.98. The molecule has 2 fully saturated rings. The van der Waals surface area contributed by atoms with Gasteiger partial charge in [0.15, 0.2) is 12.1 Å². The lowest BCUT2D eigenvalue weighted by atomic mass is 9.90. The van der Waals surface area contributed by atoms with E-state index in [9.17, 15) is 4.79 Å². The van der Waals surface area contributed by atoms with Crippen LogP contribution in [0.15, 0.2) is 42.7 Å². The Labute approximate surface area is 193 Å². The van der Waals surface area contributed by atoms with Gasteiger partial charge in [-0.2, -0.15) is 0 Å². The van der Waals surface area contributed by atoms with Crippen molar-refractivity contribution in [1.82, 2.24) is 20.0 Å². The van der Waals surface area contributed by atoms with E-state index in [4.69, 9.17) is 30.5 Å². The summed E-state index contributed by atoms with van der Waals surface area (Å²) in [5.74, 6) is -0.141. The molecule has 3 aromatic rings. The lowest BCUT2D eigenvalue weighted by Crippen LogP contribution is -2.61. The highest BCUT2D eigenvalue weighted by Gasteiger charge is 2.52. The summed E-state index contributed by atoms with van der Waals surface area (Å²) >= 11 is 7.33. The first-order chi connectivity index (χ1) is 15.5. The Balaban J connectivity index is 1.51. The van der Waals surface area contributed by atoms with E-state index in [1.807, 2.05) is 30.3 Å².